The molecule has 1 heterocycles. The molecule has 0 radical (unpaired) electrons. The lowest BCUT2D eigenvalue weighted by molar-refractivity contribution is -0.119. The van der Waals surface area contributed by atoms with Gasteiger partial charge in [0.15, 0.2) is 6.61 Å². The number of hydrogen-bond donors (Lipinski definition) is 1. The Labute approximate surface area is 159 Å². The van der Waals surface area contributed by atoms with Crippen molar-refractivity contribution >= 4 is 45.8 Å². The molecule has 1 aromatic heterocycles. The summed E-state index contributed by atoms with van der Waals surface area (Å²) in [7, 11) is 1.31. The largest absolute Gasteiger partial charge is 0.465 e. The first-order valence-electron chi connectivity index (χ1n) is 7.95. The van der Waals surface area contributed by atoms with Gasteiger partial charge in [-0.2, -0.15) is 0 Å². The number of halogens is 1. The molecule has 26 heavy (non-hydrogen) atoms. The van der Waals surface area contributed by atoms with Crippen LogP contribution in [-0.2, 0) is 27.1 Å². The Bertz CT molecular complexity index is 876. The van der Waals surface area contributed by atoms with Crippen LogP contribution in [0, 0.1) is 0 Å². The minimum Gasteiger partial charge on any atom is -0.465 e. The number of carbonyl (C=O) groups is 3. The van der Waals surface area contributed by atoms with Gasteiger partial charge in [-0.3, -0.25) is 4.79 Å². The maximum atomic E-state index is 12.1. The van der Waals surface area contributed by atoms with Gasteiger partial charge < -0.3 is 14.8 Å². The van der Waals surface area contributed by atoms with Crippen molar-refractivity contribution in [2.24, 2.45) is 0 Å². The average molecular weight is 394 g/mol. The van der Waals surface area contributed by atoms with E-state index < -0.39 is 24.5 Å². The van der Waals surface area contributed by atoms with E-state index in [9.17, 15) is 14.4 Å². The van der Waals surface area contributed by atoms with Crippen molar-refractivity contribution in [1.82, 2.24) is 0 Å². The number of rotatable bonds is 5. The summed E-state index contributed by atoms with van der Waals surface area (Å²) < 4.78 is 9.83. The van der Waals surface area contributed by atoms with E-state index in [-0.39, 0.29) is 5.56 Å². The average Bonchev–Trinajstić information content (AvgIpc) is 3.19. The first-order valence-corrected chi connectivity index (χ1v) is 9.14. The fourth-order valence-corrected chi connectivity index (χ4v) is 4.29. The number of benzene rings is 1. The van der Waals surface area contributed by atoms with Crippen molar-refractivity contribution in [3.05, 3.63) is 50.9 Å². The van der Waals surface area contributed by atoms with Gasteiger partial charge in [0.05, 0.1) is 18.2 Å². The zero-order valence-electron chi connectivity index (χ0n) is 14.0. The van der Waals surface area contributed by atoms with Crippen LogP contribution < -0.4 is 5.32 Å². The maximum absolute atomic E-state index is 12.1. The summed E-state index contributed by atoms with van der Waals surface area (Å²) in [6, 6.07) is 6.26. The highest BCUT2D eigenvalue weighted by atomic mass is 35.5. The molecule has 0 fully saturated rings. The summed E-state index contributed by atoms with van der Waals surface area (Å²) in [5.41, 5.74) is 1.60. The van der Waals surface area contributed by atoms with Crippen molar-refractivity contribution in [3.63, 3.8) is 0 Å². The van der Waals surface area contributed by atoms with Crippen molar-refractivity contribution in [2.75, 3.05) is 19.0 Å². The van der Waals surface area contributed by atoms with E-state index in [1.807, 2.05) is 0 Å². The molecule has 2 aromatic rings. The number of thiophene rings is 1. The second-order valence-electron chi connectivity index (χ2n) is 5.69. The van der Waals surface area contributed by atoms with Crippen LogP contribution in [0.2, 0.25) is 5.02 Å². The van der Waals surface area contributed by atoms with E-state index >= 15 is 0 Å². The van der Waals surface area contributed by atoms with Gasteiger partial charge in [0.1, 0.15) is 5.00 Å². The van der Waals surface area contributed by atoms with E-state index in [2.05, 4.69) is 5.32 Å². The zero-order valence-corrected chi connectivity index (χ0v) is 15.5. The van der Waals surface area contributed by atoms with Gasteiger partial charge in [-0.05, 0) is 43.0 Å². The molecular weight excluding hydrogens is 378 g/mol. The Morgan fingerprint density at radius 3 is 2.77 bits per heavy atom. The van der Waals surface area contributed by atoms with Gasteiger partial charge in [-0.1, -0.05) is 17.7 Å². The smallest absolute Gasteiger partial charge is 0.341 e. The molecular formula is C18H16ClNO5S. The van der Waals surface area contributed by atoms with Crippen LogP contribution in [0.15, 0.2) is 24.3 Å². The Morgan fingerprint density at radius 1 is 1.23 bits per heavy atom. The van der Waals surface area contributed by atoms with Crippen LogP contribution in [0.25, 0.3) is 0 Å². The number of ether oxygens (including phenoxy) is 2. The van der Waals surface area contributed by atoms with Gasteiger partial charge in [0.2, 0.25) is 0 Å². The van der Waals surface area contributed by atoms with Gasteiger partial charge in [-0.15, -0.1) is 11.3 Å². The lowest BCUT2D eigenvalue weighted by Crippen LogP contribution is -2.21. The number of fused-ring (bicyclic) bond motifs is 1. The summed E-state index contributed by atoms with van der Waals surface area (Å²) in [5, 5.41) is 3.49. The Balaban J connectivity index is 1.65. The summed E-state index contributed by atoms with van der Waals surface area (Å²) in [6.45, 7) is -0.464. The molecule has 1 amide bonds. The molecule has 0 saturated carbocycles. The third-order valence-corrected chi connectivity index (χ3v) is 5.40. The first-order chi connectivity index (χ1) is 12.5. The molecule has 6 nitrogen and oxygen atoms in total. The molecule has 0 saturated heterocycles. The number of carbonyl (C=O) groups excluding carboxylic acids is 3. The highest BCUT2D eigenvalue weighted by Crippen LogP contribution is 2.39. The molecule has 1 aliphatic carbocycles. The van der Waals surface area contributed by atoms with Crippen LogP contribution in [0.4, 0.5) is 5.00 Å². The van der Waals surface area contributed by atoms with Crippen LogP contribution >= 0.6 is 22.9 Å². The third kappa shape index (κ3) is 3.89. The lowest BCUT2D eigenvalue weighted by atomic mass is 10.1. The molecule has 0 atom stereocenters. The zero-order chi connectivity index (χ0) is 18.7. The second-order valence-corrected chi connectivity index (χ2v) is 7.23. The minimum atomic E-state index is -0.649. The van der Waals surface area contributed by atoms with E-state index in [1.54, 1.807) is 18.2 Å². The van der Waals surface area contributed by atoms with Crippen LogP contribution in [0.5, 0.6) is 0 Å². The molecule has 1 aromatic carbocycles. The minimum absolute atomic E-state index is 0.260. The quantitative estimate of drug-likeness (QED) is 0.786. The van der Waals surface area contributed by atoms with Gasteiger partial charge in [0.25, 0.3) is 5.91 Å². The molecule has 3 rings (SSSR count). The summed E-state index contributed by atoms with van der Waals surface area (Å²) in [5.74, 6) is -1.65. The number of nitrogens with one attached hydrogen (secondary N) is 1. The fraction of sp³-hybridized carbons (Fsp3) is 0.278. The van der Waals surface area contributed by atoms with Crippen LogP contribution in [0.1, 0.15) is 37.6 Å². The predicted molar refractivity (Wildman–Crippen MR) is 98.0 cm³/mol. The number of aryl methyl sites for hydroxylation is 1. The van der Waals surface area contributed by atoms with Gasteiger partial charge in [-0.25, -0.2) is 9.59 Å². The molecule has 0 bridgehead atoms. The van der Waals surface area contributed by atoms with E-state index in [0.717, 1.165) is 29.7 Å². The van der Waals surface area contributed by atoms with Crippen molar-refractivity contribution in [1.29, 1.82) is 0 Å². The molecule has 0 unspecified atom stereocenters. The summed E-state index contributed by atoms with van der Waals surface area (Å²) in [6.07, 6.45) is 2.65. The molecule has 136 valence electrons. The Hall–Kier alpha value is -2.38. The second kappa shape index (κ2) is 7.88. The predicted octanol–water partition coefficient (Wildman–Crippen LogP) is 3.47. The monoisotopic (exact) mass is 393 g/mol. The van der Waals surface area contributed by atoms with Crippen LogP contribution in [-0.4, -0.2) is 31.6 Å². The summed E-state index contributed by atoms with van der Waals surface area (Å²) in [4.78, 5) is 37.2. The normalized spacial score (nSPS) is 12.4. The third-order valence-electron chi connectivity index (χ3n) is 3.96. The van der Waals surface area contributed by atoms with E-state index in [0.29, 0.717) is 15.6 Å². The Morgan fingerprint density at radius 2 is 2.04 bits per heavy atom. The SMILES string of the molecule is COC(=O)c1c(NC(=O)COC(=O)c2cccc(Cl)c2)sc2c1CCC2. The molecule has 1 N–H and O–H groups in total. The fourth-order valence-electron chi connectivity index (χ4n) is 2.80. The highest BCUT2D eigenvalue weighted by molar-refractivity contribution is 7.17. The number of hydrogen-bond acceptors (Lipinski definition) is 6. The summed E-state index contributed by atoms with van der Waals surface area (Å²) >= 11 is 7.19. The number of methoxy groups -OCH3 is 1. The van der Waals surface area contributed by atoms with Gasteiger partial charge in [0, 0.05) is 9.90 Å². The topological polar surface area (TPSA) is 81.7 Å². The van der Waals surface area contributed by atoms with E-state index in [4.69, 9.17) is 21.1 Å². The highest BCUT2D eigenvalue weighted by Gasteiger charge is 2.28. The first kappa shape index (κ1) is 18.4. The Kier molecular flexibility index (Phi) is 5.58. The van der Waals surface area contributed by atoms with Crippen molar-refractivity contribution < 1.29 is 23.9 Å². The number of esters is 2. The maximum Gasteiger partial charge on any atom is 0.341 e. The van der Waals surface area contributed by atoms with Gasteiger partial charge >= 0.3 is 11.9 Å². The number of amides is 1. The molecule has 0 spiro atoms. The number of anilines is 1. The lowest BCUT2D eigenvalue weighted by Gasteiger charge is -2.08. The molecule has 0 aliphatic heterocycles. The molecule has 1 aliphatic rings. The van der Waals surface area contributed by atoms with Crippen molar-refractivity contribution in [3.8, 4) is 0 Å². The van der Waals surface area contributed by atoms with E-state index in [1.165, 1.54) is 24.5 Å². The van der Waals surface area contributed by atoms with Crippen LogP contribution in [0.3, 0.4) is 0 Å². The standard InChI is InChI=1S/C18H16ClNO5S/c1-24-18(23)15-12-6-3-7-13(12)26-16(15)20-14(21)9-25-17(22)10-4-2-5-11(19)8-10/h2,4-5,8H,3,6-7,9H2,1H3,(H,20,21). The van der Waals surface area contributed by atoms with Crippen molar-refractivity contribution in [2.45, 2.75) is 19.3 Å². The molecule has 8 heteroatoms.